The zero-order chi connectivity index (χ0) is 42.1. The van der Waals surface area contributed by atoms with Gasteiger partial charge in [0.1, 0.15) is 15.5 Å². The lowest BCUT2D eigenvalue weighted by Crippen LogP contribution is -2.40. The number of anilines is 4. The average Bonchev–Trinajstić information content (AvgIpc) is 3.20. The van der Waals surface area contributed by atoms with Crippen LogP contribution in [0.25, 0.3) is 10.8 Å². The van der Waals surface area contributed by atoms with E-state index >= 15 is 0 Å². The summed E-state index contributed by atoms with van der Waals surface area (Å²) in [6, 6.07) is 13.0. The summed E-state index contributed by atoms with van der Waals surface area (Å²) in [6.45, 7) is 7.52. The van der Waals surface area contributed by atoms with Gasteiger partial charge in [0.25, 0.3) is 30.4 Å². The molecule has 2 aliphatic rings. The molecule has 59 heavy (non-hydrogen) atoms. The van der Waals surface area contributed by atoms with Crippen molar-refractivity contribution >= 4 is 87.4 Å². The first kappa shape index (κ1) is 41.6. The van der Waals surface area contributed by atoms with E-state index in [0.717, 1.165) is 18.2 Å². The van der Waals surface area contributed by atoms with Gasteiger partial charge in [0.2, 0.25) is 17.8 Å². The van der Waals surface area contributed by atoms with Gasteiger partial charge >= 0.3 is 0 Å². The van der Waals surface area contributed by atoms with Crippen LogP contribution in [-0.2, 0) is 39.8 Å². The molecule has 0 unspecified atom stereocenters. The van der Waals surface area contributed by atoms with E-state index in [-0.39, 0.29) is 28.4 Å². The maximum Gasteiger partial charge on any atom is 0.296 e. The minimum Gasteiger partial charge on any atom is -0.378 e. The molecule has 7 rings (SSSR count). The molecule has 310 valence electrons. The normalized spacial score (nSPS) is 15.7. The lowest BCUT2D eigenvalue weighted by atomic mass is 10.1. The first-order chi connectivity index (χ1) is 28.0. The summed E-state index contributed by atoms with van der Waals surface area (Å²) in [4.78, 5) is 16.2. The molecule has 24 heteroatoms. The van der Waals surface area contributed by atoms with Gasteiger partial charge in [-0.3, -0.25) is 13.7 Å². The van der Waals surface area contributed by atoms with Crippen molar-refractivity contribution in [2.75, 3.05) is 67.7 Å². The molecule has 0 radical (unpaired) electrons. The third kappa shape index (κ3) is 9.49. The molecule has 2 aliphatic heterocycles. The lowest BCUT2D eigenvalue weighted by molar-refractivity contribution is 0.121. The number of morpholine rings is 2. The number of hydrogen-bond acceptors (Lipinski definition) is 18. The number of nitrogens with one attached hydrogen (secondary N) is 1. The molecular weight excluding hydrogens is 833 g/mol. The van der Waals surface area contributed by atoms with Gasteiger partial charge in [-0.15, -0.1) is 10.2 Å². The molecule has 4 N–H and O–H groups in total. The van der Waals surface area contributed by atoms with E-state index < -0.39 is 50.7 Å². The average molecular weight is 869 g/mol. The number of rotatable bonds is 11. The molecule has 0 bridgehead atoms. The number of nitrogens with zero attached hydrogens (tertiary/aromatic N) is 9. The SMILES string of the molecule is Cc1cc(N=Nc2ccc(Nc3nc(N4CCOCC4)nc(N4CCOCC4)n3)c3c(S(=O)(=O)O)cccc23)c(C)cc1N=Nc1cc(S(=O)(=O)O)ccc1S(=O)(=O)O. The second-order valence-corrected chi connectivity index (χ2v) is 17.5. The van der Waals surface area contributed by atoms with Crippen LogP contribution < -0.4 is 15.1 Å². The first-order valence-electron chi connectivity index (χ1n) is 17.7. The zero-order valence-corrected chi connectivity index (χ0v) is 33.7. The molecule has 21 nitrogen and oxygen atoms in total. The zero-order valence-electron chi connectivity index (χ0n) is 31.3. The van der Waals surface area contributed by atoms with Crippen LogP contribution in [0.15, 0.2) is 95.8 Å². The minimum atomic E-state index is -4.85. The lowest BCUT2D eigenvalue weighted by Gasteiger charge is -2.30. The first-order valence-corrected chi connectivity index (χ1v) is 22.0. The highest BCUT2D eigenvalue weighted by Crippen LogP contribution is 2.39. The van der Waals surface area contributed by atoms with E-state index in [2.05, 4.69) is 35.7 Å². The summed E-state index contributed by atoms with van der Waals surface area (Å²) in [6.07, 6.45) is 0. The molecule has 4 aromatic carbocycles. The maximum atomic E-state index is 12.7. The van der Waals surface area contributed by atoms with E-state index in [1.807, 2.05) is 9.80 Å². The Morgan fingerprint density at radius 3 is 1.64 bits per heavy atom. The van der Waals surface area contributed by atoms with E-state index in [1.165, 1.54) is 12.1 Å². The third-order valence-corrected chi connectivity index (χ3v) is 11.9. The summed E-state index contributed by atoms with van der Waals surface area (Å²) in [7, 11) is -14.3. The summed E-state index contributed by atoms with van der Waals surface area (Å²) in [5, 5.41) is 20.3. The molecule has 0 spiro atoms. The summed E-state index contributed by atoms with van der Waals surface area (Å²) >= 11 is 0. The fourth-order valence-electron chi connectivity index (χ4n) is 6.27. The van der Waals surface area contributed by atoms with E-state index in [0.29, 0.717) is 86.7 Å². The molecule has 0 saturated carbocycles. The van der Waals surface area contributed by atoms with Crippen molar-refractivity contribution < 1.29 is 48.4 Å². The third-order valence-electron chi connectivity index (χ3n) is 9.26. The highest BCUT2D eigenvalue weighted by molar-refractivity contribution is 7.86. The molecule has 2 saturated heterocycles. The monoisotopic (exact) mass is 868 g/mol. The Balaban J connectivity index is 1.24. The molecule has 0 amide bonds. The fourth-order valence-corrected chi connectivity index (χ4v) is 8.11. The number of fused-ring (bicyclic) bond motifs is 1. The van der Waals surface area contributed by atoms with Crippen molar-refractivity contribution in [2.45, 2.75) is 28.5 Å². The van der Waals surface area contributed by atoms with Crippen molar-refractivity contribution in [1.82, 2.24) is 15.0 Å². The summed E-state index contributed by atoms with van der Waals surface area (Å²) in [5.74, 6) is 0.946. The second-order valence-electron chi connectivity index (χ2n) is 13.3. The Bertz CT molecular complexity index is 2810. The van der Waals surface area contributed by atoms with Gasteiger partial charge in [-0.05, 0) is 73.5 Å². The molecule has 1 aromatic heterocycles. The Morgan fingerprint density at radius 1 is 0.593 bits per heavy atom. The van der Waals surface area contributed by atoms with Crippen LogP contribution in [0.2, 0.25) is 0 Å². The Morgan fingerprint density at radius 2 is 1.12 bits per heavy atom. The van der Waals surface area contributed by atoms with Crippen LogP contribution in [0.5, 0.6) is 0 Å². The van der Waals surface area contributed by atoms with Crippen LogP contribution >= 0.6 is 0 Å². The largest absolute Gasteiger partial charge is 0.378 e. The van der Waals surface area contributed by atoms with Crippen LogP contribution in [-0.4, -0.2) is 106 Å². The smallest absolute Gasteiger partial charge is 0.296 e. The molecule has 0 atom stereocenters. The van der Waals surface area contributed by atoms with Gasteiger partial charge in [0, 0.05) is 37.0 Å². The van der Waals surface area contributed by atoms with Crippen molar-refractivity contribution in [2.24, 2.45) is 20.5 Å². The van der Waals surface area contributed by atoms with Gasteiger partial charge in [0.05, 0.1) is 54.1 Å². The minimum absolute atomic E-state index is 0.0960. The molecule has 0 aliphatic carbocycles. The highest BCUT2D eigenvalue weighted by atomic mass is 32.2. The molecule has 2 fully saturated rings. The van der Waals surface area contributed by atoms with Crippen molar-refractivity contribution in [3.05, 3.63) is 71.8 Å². The summed E-state index contributed by atoms with van der Waals surface area (Å²) < 4.78 is 113. The van der Waals surface area contributed by atoms with Gasteiger partial charge in [-0.2, -0.15) is 50.4 Å². The fraction of sp³-hybridized carbons (Fsp3) is 0.286. The molecule has 3 heterocycles. The number of ether oxygens (including phenoxy) is 2. The summed E-state index contributed by atoms with van der Waals surface area (Å²) in [5.41, 5.74) is 1.56. The van der Waals surface area contributed by atoms with Gasteiger partial charge in [-0.25, -0.2) is 0 Å². The number of hydrogen-bond donors (Lipinski definition) is 4. The number of aromatic nitrogens is 3. The van der Waals surface area contributed by atoms with Crippen LogP contribution in [0.3, 0.4) is 0 Å². The predicted molar refractivity (Wildman–Crippen MR) is 213 cm³/mol. The van der Waals surface area contributed by atoms with Gasteiger partial charge < -0.3 is 24.6 Å². The number of aryl methyl sites for hydroxylation is 2. The van der Waals surface area contributed by atoms with Gasteiger partial charge in [0.15, 0.2) is 0 Å². The van der Waals surface area contributed by atoms with E-state index in [9.17, 15) is 38.9 Å². The predicted octanol–water partition coefficient (Wildman–Crippen LogP) is 5.63. The van der Waals surface area contributed by atoms with Gasteiger partial charge in [-0.1, -0.05) is 12.1 Å². The van der Waals surface area contributed by atoms with Crippen LogP contribution in [0.1, 0.15) is 11.1 Å². The Hall–Kier alpha value is -5.60. The topological polar surface area (TPSA) is 288 Å². The quantitative estimate of drug-likeness (QED) is 0.0924. The van der Waals surface area contributed by atoms with Crippen molar-refractivity contribution in [1.29, 1.82) is 0 Å². The van der Waals surface area contributed by atoms with Crippen LogP contribution in [0, 0.1) is 13.8 Å². The molecule has 5 aromatic rings. The van der Waals surface area contributed by atoms with Crippen molar-refractivity contribution in [3.8, 4) is 0 Å². The molecular formula is C35H36N10O11S3. The highest BCUT2D eigenvalue weighted by Gasteiger charge is 2.24. The van der Waals surface area contributed by atoms with Crippen LogP contribution in [0.4, 0.5) is 46.3 Å². The van der Waals surface area contributed by atoms with E-state index in [1.54, 1.807) is 44.2 Å². The van der Waals surface area contributed by atoms with E-state index in [4.69, 9.17) is 14.5 Å². The standard InChI is InChI=1S/C35H36N10O11S3/c1-21-19-28(42-43-29-20-23(57(46,47)48)6-9-30(29)58(49,50)51)22(2)18-27(21)41-40-25-7-8-26(32-24(25)4-3-5-31(32)59(52,53)54)36-33-37-34(44-10-14-55-15-11-44)39-35(38-33)45-12-16-56-17-13-45/h3-9,18-20H,10-17H2,1-2H3,(H,46,47,48)(H,49,50,51)(H,52,53,54)(H,36,37,38,39). The Kier molecular flexibility index (Phi) is 11.7. The maximum absolute atomic E-state index is 12.7. The van der Waals surface area contributed by atoms with Crippen molar-refractivity contribution in [3.63, 3.8) is 0 Å². The number of benzene rings is 4. The number of azo groups is 2. The Labute approximate surface area is 338 Å². The second kappa shape index (κ2) is 16.6.